The monoisotopic (exact) mass is 259 g/mol. The minimum atomic E-state index is 0.315. The van der Waals surface area contributed by atoms with Crippen molar-refractivity contribution in [3.63, 3.8) is 0 Å². The lowest BCUT2D eigenvalue weighted by molar-refractivity contribution is 0.840. The van der Waals surface area contributed by atoms with Crippen LogP contribution >= 0.6 is 11.3 Å². The third-order valence-corrected chi connectivity index (χ3v) is 3.18. The van der Waals surface area contributed by atoms with Crippen molar-refractivity contribution < 1.29 is 0 Å². The summed E-state index contributed by atoms with van der Waals surface area (Å²) < 4.78 is 0. The molecule has 0 aliphatic rings. The van der Waals surface area contributed by atoms with Crippen LogP contribution in [-0.2, 0) is 0 Å². The van der Waals surface area contributed by atoms with Crippen molar-refractivity contribution in [2.24, 2.45) is 4.99 Å². The lowest BCUT2D eigenvalue weighted by atomic mass is 10.1. The maximum Gasteiger partial charge on any atom is 0.0901 e. The van der Waals surface area contributed by atoms with Crippen LogP contribution in [0.2, 0.25) is 0 Å². The average molecular weight is 259 g/mol. The van der Waals surface area contributed by atoms with Crippen molar-refractivity contribution in [2.75, 3.05) is 5.32 Å². The highest BCUT2D eigenvalue weighted by molar-refractivity contribution is 7.09. The van der Waals surface area contributed by atoms with Crippen molar-refractivity contribution in [1.29, 1.82) is 0 Å². The summed E-state index contributed by atoms with van der Waals surface area (Å²) in [6.45, 7) is 6.12. The van der Waals surface area contributed by atoms with Crippen LogP contribution in [0, 0.1) is 6.92 Å². The van der Waals surface area contributed by atoms with Crippen LogP contribution in [-0.4, -0.2) is 17.4 Å². The average Bonchev–Trinajstić information content (AvgIpc) is 2.76. The first kappa shape index (κ1) is 12.8. The summed E-state index contributed by atoms with van der Waals surface area (Å²) in [6.07, 6.45) is 1.74. The Morgan fingerprint density at radius 1 is 1.28 bits per heavy atom. The fourth-order valence-electron chi connectivity index (χ4n) is 1.49. The van der Waals surface area contributed by atoms with Crippen LogP contribution in [0.5, 0.6) is 0 Å². The Morgan fingerprint density at radius 3 is 2.56 bits per heavy atom. The molecule has 2 rings (SSSR count). The number of rotatable bonds is 4. The molecule has 0 aliphatic carbocycles. The molecule has 1 aromatic heterocycles. The van der Waals surface area contributed by atoms with Gasteiger partial charge < -0.3 is 5.32 Å². The van der Waals surface area contributed by atoms with Gasteiger partial charge in [0, 0.05) is 22.7 Å². The van der Waals surface area contributed by atoms with Crippen LogP contribution in [0.15, 0.2) is 34.6 Å². The molecule has 3 nitrogen and oxygen atoms in total. The number of nitrogens with one attached hydrogen (secondary N) is 1. The van der Waals surface area contributed by atoms with Crippen molar-refractivity contribution in [3.8, 4) is 11.3 Å². The second kappa shape index (κ2) is 5.78. The van der Waals surface area contributed by atoms with E-state index in [1.165, 1.54) is 0 Å². The van der Waals surface area contributed by atoms with Crippen LogP contribution in [0.3, 0.4) is 0 Å². The van der Waals surface area contributed by atoms with Gasteiger partial charge in [-0.05, 0) is 32.9 Å². The molecule has 4 heteroatoms. The van der Waals surface area contributed by atoms with Gasteiger partial charge >= 0.3 is 0 Å². The molecule has 0 saturated carbocycles. The largest absolute Gasteiger partial charge is 0.347 e. The first-order valence-electron chi connectivity index (χ1n) is 5.96. The molecule has 0 aliphatic heterocycles. The molecule has 0 atom stereocenters. The summed E-state index contributed by atoms with van der Waals surface area (Å²) in [4.78, 5) is 8.72. The van der Waals surface area contributed by atoms with Gasteiger partial charge in [-0.25, -0.2) is 4.98 Å². The van der Waals surface area contributed by atoms with Crippen molar-refractivity contribution in [3.05, 3.63) is 34.7 Å². The number of hydrogen-bond acceptors (Lipinski definition) is 3. The van der Waals surface area contributed by atoms with E-state index in [0.717, 1.165) is 22.0 Å². The Hall–Kier alpha value is -1.68. The van der Waals surface area contributed by atoms with E-state index in [2.05, 4.69) is 32.8 Å². The molecular formula is C14H17N3S. The zero-order valence-electron chi connectivity index (χ0n) is 10.8. The molecular weight excluding hydrogens is 242 g/mol. The summed E-state index contributed by atoms with van der Waals surface area (Å²) in [5.74, 6) is 0. The fraction of sp³-hybridized carbons (Fsp3) is 0.286. The van der Waals surface area contributed by atoms with Gasteiger partial charge in [-0.15, -0.1) is 11.3 Å². The zero-order valence-corrected chi connectivity index (χ0v) is 11.7. The Balaban J connectivity index is 2.06. The highest BCUT2D eigenvalue weighted by Crippen LogP contribution is 2.22. The number of benzene rings is 1. The van der Waals surface area contributed by atoms with E-state index in [0.29, 0.717) is 6.04 Å². The van der Waals surface area contributed by atoms with Gasteiger partial charge in [-0.1, -0.05) is 12.1 Å². The van der Waals surface area contributed by atoms with Gasteiger partial charge in [0.25, 0.3) is 0 Å². The standard InChI is InChI=1S/C14H17N3S/c1-10(2)15-9-16-13-6-4-12(5-7-13)14-8-18-11(3)17-14/h4-10H,1-3H3,(H,15,16). The Morgan fingerprint density at radius 2 is 2.00 bits per heavy atom. The zero-order chi connectivity index (χ0) is 13.0. The number of aryl methyl sites for hydroxylation is 1. The van der Waals surface area contributed by atoms with Gasteiger partial charge in [0.15, 0.2) is 0 Å². The van der Waals surface area contributed by atoms with Gasteiger partial charge in [-0.3, -0.25) is 4.99 Å². The fourth-order valence-corrected chi connectivity index (χ4v) is 2.12. The summed E-state index contributed by atoms with van der Waals surface area (Å²) in [7, 11) is 0. The minimum Gasteiger partial charge on any atom is -0.347 e. The van der Waals surface area contributed by atoms with Crippen LogP contribution in [0.25, 0.3) is 11.3 Å². The van der Waals surface area contributed by atoms with E-state index in [1.807, 2.05) is 32.9 Å². The molecule has 1 aromatic carbocycles. The van der Waals surface area contributed by atoms with E-state index in [9.17, 15) is 0 Å². The molecule has 0 amide bonds. The molecule has 0 fully saturated rings. The van der Waals surface area contributed by atoms with E-state index in [-0.39, 0.29) is 0 Å². The number of nitrogens with zero attached hydrogens (tertiary/aromatic N) is 2. The smallest absolute Gasteiger partial charge is 0.0901 e. The maximum absolute atomic E-state index is 4.47. The van der Waals surface area contributed by atoms with Crippen molar-refractivity contribution >= 4 is 23.4 Å². The van der Waals surface area contributed by atoms with Crippen LogP contribution < -0.4 is 5.32 Å². The number of anilines is 1. The van der Waals surface area contributed by atoms with Gasteiger partial charge in [0.1, 0.15) is 0 Å². The van der Waals surface area contributed by atoms with Crippen LogP contribution in [0.4, 0.5) is 5.69 Å². The second-order valence-electron chi connectivity index (χ2n) is 4.35. The first-order chi connectivity index (χ1) is 8.65. The maximum atomic E-state index is 4.47. The molecule has 94 valence electrons. The lowest BCUT2D eigenvalue weighted by Crippen LogP contribution is -1.98. The summed E-state index contributed by atoms with van der Waals surface area (Å²) in [5.41, 5.74) is 3.22. The third-order valence-electron chi connectivity index (χ3n) is 2.40. The second-order valence-corrected chi connectivity index (χ2v) is 5.41. The van der Waals surface area contributed by atoms with Crippen molar-refractivity contribution in [2.45, 2.75) is 26.8 Å². The first-order valence-corrected chi connectivity index (χ1v) is 6.84. The summed E-state index contributed by atoms with van der Waals surface area (Å²) in [6, 6.07) is 8.53. The minimum absolute atomic E-state index is 0.315. The van der Waals surface area contributed by atoms with E-state index < -0.39 is 0 Å². The Bertz CT molecular complexity index is 526. The molecule has 0 radical (unpaired) electrons. The SMILES string of the molecule is Cc1nc(-c2ccc(NC=NC(C)C)cc2)cs1. The van der Waals surface area contributed by atoms with E-state index in [1.54, 1.807) is 17.7 Å². The highest BCUT2D eigenvalue weighted by atomic mass is 32.1. The Labute approximate surface area is 112 Å². The Kier molecular flexibility index (Phi) is 4.10. The van der Waals surface area contributed by atoms with E-state index >= 15 is 0 Å². The number of thiazole rings is 1. The van der Waals surface area contributed by atoms with Gasteiger partial charge in [0.2, 0.25) is 0 Å². The predicted molar refractivity (Wildman–Crippen MR) is 79.5 cm³/mol. The molecule has 2 aromatic rings. The predicted octanol–water partition coefficient (Wildman–Crippen LogP) is 3.97. The third kappa shape index (κ3) is 3.40. The number of hydrogen-bond donors (Lipinski definition) is 1. The number of aliphatic imine (C=N–C) groups is 1. The normalized spacial score (nSPS) is 11.3. The summed E-state index contributed by atoms with van der Waals surface area (Å²) in [5, 5.41) is 6.33. The van der Waals surface area contributed by atoms with E-state index in [4.69, 9.17) is 0 Å². The van der Waals surface area contributed by atoms with Gasteiger partial charge in [-0.2, -0.15) is 0 Å². The summed E-state index contributed by atoms with van der Waals surface area (Å²) >= 11 is 1.67. The topological polar surface area (TPSA) is 37.3 Å². The van der Waals surface area contributed by atoms with Gasteiger partial charge in [0.05, 0.1) is 17.0 Å². The molecule has 0 spiro atoms. The molecule has 18 heavy (non-hydrogen) atoms. The molecule has 1 heterocycles. The molecule has 0 saturated heterocycles. The highest BCUT2D eigenvalue weighted by Gasteiger charge is 2.01. The lowest BCUT2D eigenvalue weighted by Gasteiger charge is -2.02. The molecule has 0 unspecified atom stereocenters. The number of aromatic nitrogens is 1. The molecule has 1 N–H and O–H groups in total. The van der Waals surface area contributed by atoms with Crippen LogP contribution in [0.1, 0.15) is 18.9 Å². The van der Waals surface area contributed by atoms with Crippen molar-refractivity contribution in [1.82, 2.24) is 4.98 Å². The quantitative estimate of drug-likeness (QED) is 0.666. The molecule has 0 bridgehead atoms.